The van der Waals surface area contributed by atoms with E-state index >= 15 is 0 Å². The summed E-state index contributed by atoms with van der Waals surface area (Å²) in [4.78, 5) is 16.3. The Balaban J connectivity index is 1.75. The molecule has 2 aromatic rings. The third kappa shape index (κ3) is 2.59. The molecule has 0 radical (unpaired) electrons. The van der Waals surface area contributed by atoms with Gasteiger partial charge in [0.2, 0.25) is 0 Å². The molecule has 98 valence electrons. The van der Waals surface area contributed by atoms with Crippen molar-refractivity contribution in [1.29, 1.82) is 0 Å². The molecule has 1 atom stereocenters. The maximum Gasteiger partial charge on any atom is 0.253 e. The maximum atomic E-state index is 12.2. The lowest BCUT2D eigenvalue weighted by atomic mass is 10.1. The van der Waals surface area contributed by atoms with Crippen LogP contribution in [0.15, 0.2) is 18.3 Å². The summed E-state index contributed by atoms with van der Waals surface area (Å²) in [6.07, 6.45) is 3.72. The Morgan fingerprint density at radius 2 is 2.32 bits per heavy atom. The quantitative estimate of drug-likeness (QED) is 0.844. The standard InChI is InChI=1S/C12H14N6O/c1-7-2-3-9(6-13-7)12(19)14-10(8-4-5-8)11-15-17-18-16-11/h2-3,6,8,10H,4-5H2,1H3,(H,14,19)(H,15,16,17,18). The molecule has 0 aromatic carbocycles. The van der Waals surface area contributed by atoms with E-state index in [2.05, 4.69) is 30.9 Å². The minimum absolute atomic E-state index is 0.158. The average Bonchev–Trinajstić information content (AvgIpc) is 3.11. The fourth-order valence-corrected chi connectivity index (χ4v) is 1.95. The van der Waals surface area contributed by atoms with Crippen LogP contribution in [-0.4, -0.2) is 31.5 Å². The summed E-state index contributed by atoms with van der Waals surface area (Å²) in [7, 11) is 0. The number of carbonyl (C=O) groups excluding carboxylic acids is 1. The summed E-state index contributed by atoms with van der Waals surface area (Å²) in [6, 6.07) is 3.40. The molecule has 2 N–H and O–H groups in total. The first-order chi connectivity index (χ1) is 9.24. The highest BCUT2D eigenvalue weighted by Crippen LogP contribution is 2.39. The predicted octanol–water partition coefficient (Wildman–Crippen LogP) is 0.784. The minimum atomic E-state index is -0.174. The van der Waals surface area contributed by atoms with E-state index in [0.29, 0.717) is 17.3 Å². The first-order valence-electron chi connectivity index (χ1n) is 6.21. The van der Waals surface area contributed by atoms with Crippen molar-refractivity contribution in [3.63, 3.8) is 0 Å². The van der Waals surface area contributed by atoms with Crippen LogP contribution in [0.1, 0.15) is 40.8 Å². The average molecular weight is 258 g/mol. The zero-order chi connectivity index (χ0) is 13.2. The molecule has 0 aliphatic heterocycles. The van der Waals surface area contributed by atoms with Gasteiger partial charge in [0.15, 0.2) is 5.82 Å². The van der Waals surface area contributed by atoms with Gasteiger partial charge in [-0.1, -0.05) is 5.21 Å². The monoisotopic (exact) mass is 258 g/mol. The lowest BCUT2D eigenvalue weighted by molar-refractivity contribution is 0.0929. The van der Waals surface area contributed by atoms with Gasteiger partial charge in [-0.25, -0.2) is 0 Å². The summed E-state index contributed by atoms with van der Waals surface area (Å²) in [5.74, 6) is 0.782. The maximum absolute atomic E-state index is 12.2. The molecule has 0 saturated heterocycles. The van der Waals surface area contributed by atoms with Gasteiger partial charge in [-0.2, -0.15) is 5.21 Å². The summed E-state index contributed by atoms with van der Waals surface area (Å²) in [5, 5.41) is 16.8. The predicted molar refractivity (Wildman–Crippen MR) is 66.1 cm³/mol. The Labute approximate surface area is 109 Å². The molecule has 19 heavy (non-hydrogen) atoms. The van der Waals surface area contributed by atoms with Crippen LogP contribution in [-0.2, 0) is 0 Å². The van der Waals surface area contributed by atoms with Crippen LogP contribution in [0.4, 0.5) is 0 Å². The van der Waals surface area contributed by atoms with Gasteiger partial charge >= 0.3 is 0 Å². The molecule has 1 saturated carbocycles. The van der Waals surface area contributed by atoms with E-state index in [1.165, 1.54) is 0 Å². The molecule has 1 fully saturated rings. The van der Waals surface area contributed by atoms with E-state index in [1.54, 1.807) is 12.3 Å². The van der Waals surface area contributed by atoms with E-state index in [1.807, 2.05) is 13.0 Å². The lowest BCUT2D eigenvalue weighted by Gasteiger charge is -2.14. The third-order valence-electron chi connectivity index (χ3n) is 3.19. The summed E-state index contributed by atoms with van der Waals surface area (Å²) >= 11 is 0. The van der Waals surface area contributed by atoms with Crippen LogP contribution in [0.3, 0.4) is 0 Å². The molecule has 0 spiro atoms. The number of carbonyl (C=O) groups is 1. The van der Waals surface area contributed by atoms with Crippen molar-refractivity contribution in [3.05, 3.63) is 35.4 Å². The van der Waals surface area contributed by atoms with Crippen molar-refractivity contribution in [2.45, 2.75) is 25.8 Å². The van der Waals surface area contributed by atoms with Crippen LogP contribution >= 0.6 is 0 Å². The zero-order valence-corrected chi connectivity index (χ0v) is 10.5. The smallest absolute Gasteiger partial charge is 0.253 e. The second kappa shape index (κ2) is 4.75. The Kier molecular flexibility index (Phi) is 2.94. The lowest BCUT2D eigenvalue weighted by Crippen LogP contribution is -2.30. The van der Waals surface area contributed by atoms with Crippen LogP contribution in [0, 0.1) is 12.8 Å². The molecule has 7 heteroatoms. The van der Waals surface area contributed by atoms with Crippen molar-refractivity contribution >= 4 is 5.91 Å². The molecule has 2 heterocycles. The van der Waals surface area contributed by atoms with Crippen LogP contribution < -0.4 is 5.32 Å². The first-order valence-corrected chi connectivity index (χ1v) is 6.21. The molecular formula is C12H14N6O. The highest BCUT2D eigenvalue weighted by Gasteiger charge is 2.36. The van der Waals surface area contributed by atoms with Gasteiger partial charge in [0.25, 0.3) is 5.91 Å². The third-order valence-corrected chi connectivity index (χ3v) is 3.19. The molecule has 1 aliphatic carbocycles. The first kappa shape index (κ1) is 11.8. The van der Waals surface area contributed by atoms with E-state index in [4.69, 9.17) is 0 Å². The van der Waals surface area contributed by atoms with Gasteiger partial charge in [-0.05, 0) is 37.8 Å². The molecule has 7 nitrogen and oxygen atoms in total. The number of pyridine rings is 1. The van der Waals surface area contributed by atoms with Crippen molar-refractivity contribution in [2.24, 2.45) is 5.92 Å². The fraction of sp³-hybridized carbons (Fsp3) is 0.417. The molecule has 3 rings (SSSR count). The van der Waals surface area contributed by atoms with Crippen LogP contribution in [0.25, 0.3) is 0 Å². The van der Waals surface area contributed by atoms with Crippen LogP contribution in [0.2, 0.25) is 0 Å². The number of amides is 1. The minimum Gasteiger partial charge on any atom is -0.342 e. The number of aromatic nitrogens is 5. The SMILES string of the molecule is Cc1ccc(C(=O)NC(c2nn[nH]n2)C2CC2)cn1. The van der Waals surface area contributed by atoms with E-state index < -0.39 is 0 Å². The number of nitrogens with zero attached hydrogens (tertiary/aromatic N) is 4. The van der Waals surface area contributed by atoms with Crippen molar-refractivity contribution in [3.8, 4) is 0 Å². The van der Waals surface area contributed by atoms with Gasteiger partial charge in [0, 0.05) is 11.9 Å². The van der Waals surface area contributed by atoms with Crippen molar-refractivity contribution in [2.75, 3.05) is 0 Å². The number of tetrazole rings is 1. The normalized spacial score (nSPS) is 16.1. The number of aromatic amines is 1. The highest BCUT2D eigenvalue weighted by atomic mass is 16.1. The number of hydrogen-bond donors (Lipinski definition) is 2. The largest absolute Gasteiger partial charge is 0.342 e. The molecule has 1 amide bonds. The fourth-order valence-electron chi connectivity index (χ4n) is 1.95. The number of rotatable bonds is 4. The van der Waals surface area contributed by atoms with Gasteiger partial charge in [-0.15, -0.1) is 10.2 Å². The van der Waals surface area contributed by atoms with E-state index in [0.717, 1.165) is 18.5 Å². The van der Waals surface area contributed by atoms with Crippen molar-refractivity contribution in [1.82, 2.24) is 30.9 Å². The topological polar surface area (TPSA) is 96.5 Å². The number of nitrogens with one attached hydrogen (secondary N) is 2. The van der Waals surface area contributed by atoms with E-state index in [9.17, 15) is 4.79 Å². The summed E-state index contributed by atoms with van der Waals surface area (Å²) in [6.45, 7) is 1.88. The van der Waals surface area contributed by atoms with Crippen molar-refractivity contribution < 1.29 is 4.79 Å². The second-order valence-electron chi connectivity index (χ2n) is 4.75. The second-order valence-corrected chi connectivity index (χ2v) is 4.75. The summed E-state index contributed by atoms with van der Waals surface area (Å²) < 4.78 is 0. The molecule has 1 aliphatic rings. The van der Waals surface area contributed by atoms with Gasteiger partial charge in [0.1, 0.15) is 0 Å². The van der Waals surface area contributed by atoms with Gasteiger partial charge < -0.3 is 5.32 Å². The van der Waals surface area contributed by atoms with E-state index in [-0.39, 0.29) is 11.9 Å². The number of hydrogen-bond acceptors (Lipinski definition) is 5. The molecule has 0 bridgehead atoms. The highest BCUT2D eigenvalue weighted by molar-refractivity contribution is 5.94. The Bertz CT molecular complexity index is 560. The molecule has 1 unspecified atom stereocenters. The Morgan fingerprint density at radius 3 is 2.89 bits per heavy atom. The molecular weight excluding hydrogens is 244 g/mol. The molecule has 2 aromatic heterocycles. The Hall–Kier alpha value is -2.31. The zero-order valence-electron chi connectivity index (χ0n) is 10.5. The van der Waals surface area contributed by atoms with Gasteiger partial charge in [0.05, 0.1) is 11.6 Å². The van der Waals surface area contributed by atoms with Gasteiger partial charge in [-0.3, -0.25) is 9.78 Å². The van der Waals surface area contributed by atoms with Crippen LogP contribution in [0.5, 0.6) is 0 Å². The number of aryl methyl sites for hydroxylation is 1. The summed E-state index contributed by atoms with van der Waals surface area (Å²) in [5.41, 5.74) is 1.42. The Morgan fingerprint density at radius 1 is 1.47 bits per heavy atom. The number of H-pyrrole nitrogens is 1.